The van der Waals surface area contributed by atoms with E-state index in [1.54, 1.807) is 11.3 Å². The number of nitrogens with zero attached hydrogens (tertiary/aromatic N) is 2. The monoisotopic (exact) mass is 280 g/mol. The molecule has 0 aromatic carbocycles. The molecule has 1 aromatic rings. The van der Waals surface area contributed by atoms with E-state index in [-0.39, 0.29) is 6.04 Å². The molecule has 1 aliphatic rings. The van der Waals surface area contributed by atoms with Crippen LogP contribution >= 0.6 is 11.3 Å². The SMILES string of the molecule is Cc1csc([C@@H]2CCCCN2C(=O)CCC(C)C)n1. The number of amides is 1. The van der Waals surface area contributed by atoms with Gasteiger partial charge in [-0.1, -0.05) is 13.8 Å². The van der Waals surface area contributed by atoms with Crippen LogP contribution in [0.25, 0.3) is 0 Å². The minimum absolute atomic E-state index is 0.229. The Morgan fingerprint density at radius 2 is 2.32 bits per heavy atom. The summed E-state index contributed by atoms with van der Waals surface area (Å²) in [6, 6.07) is 0.229. The molecule has 106 valence electrons. The van der Waals surface area contributed by atoms with Crippen molar-refractivity contribution < 1.29 is 4.79 Å². The van der Waals surface area contributed by atoms with Crippen LogP contribution in [-0.2, 0) is 4.79 Å². The van der Waals surface area contributed by atoms with Crippen molar-refractivity contribution >= 4 is 17.2 Å². The summed E-state index contributed by atoms with van der Waals surface area (Å²) in [4.78, 5) is 19.1. The van der Waals surface area contributed by atoms with Gasteiger partial charge in [-0.05, 0) is 38.5 Å². The molecule has 1 aliphatic heterocycles. The van der Waals surface area contributed by atoms with Gasteiger partial charge in [-0.2, -0.15) is 0 Å². The molecule has 0 saturated carbocycles. The fourth-order valence-electron chi connectivity index (χ4n) is 2.57. The molecule has 1 atom stereocenters. The van der Waals surface area contributed by atoms with Gasteiger partial charge in [-0.3, -0.25) is 4.79 Å². The van der Waals surface area contributed by atoms with E-state index in [9.17, 15) is 4.79 Å². The van der Waals surface area contributed by atoms with Gasteiger partial charge in [0.1, 0.15) is 5.01 Å². The number of piperidine rings is 1. The third-order valence-electron chi connectivity index (χ3n) is 3.68. The minimum Gasteiger partial charge on any atom is -0.333 e. The molecule has 2 heterocycles. The Kier molecular flexibility index (Phi) is 4.97. The van der Waals surface area contributed by atoms with Gasteiger partial charge < -0.3 is 4.90 Å². The second-order valence-corrected chi connectivity index (χ2v) is 6.75. The fourth-order valence-corrected chi connectivity index (χ4v) is 3.51. The standard InChI is InChI=1S/C15H24N2OS/c1-11(2)7-8-14(18)17-9-5-4-6-13(17)15-16-12(3)10-19-15/h10-11,13H,4-9H2,1-3H3/t13-/m0/s1. The van der Waals surface area contributed by atoms with Crippen LogP contribution in [0.2, 0.25) is 0 Å². The van der Waals surface area contributed by atoms with E-state index in [0.717, 1.165) is 36.5 Å². The summed E-state index contributed by atoms with van der Waals surface area (Å²) in [7, 11) is 0. The average molecular weight is 280 g/mol. The largest absolute Gasteiger partial charge is 0.333 e. The molecule has 0 radical (unpaired) electrons. The Bertz CT molecular complexity index is 428. The van der Waals surface area contributed by atoms with Crippen molar-refractivity contribution in [2.24, 2.45) is 5.92 Å². The Morgan fingerprint density at radius 3 is 2.95 bits per heavy atom. The van der Waals surface area contributed by atoms with E-state index in [2.05, 4.69) is 29.1 Å². The molecule has 19 heavy (non-hydrogen) atoms. The predicted octanol–water partition coefficient (Wildman–Crippen LogP) is 3.94. The first-order valence-corrected chi connectivity index (χ1v) is 8.17. The fraction of sp³-hybridized carbons (Fsp3) is 0.733. The Hall–Kier alpha value is -0.900. The zero-order valence-corrected chi connectivity index (χ0v) is 13.0. The van der Waals surface area contributed by atoms with Gasteiger partial charge in [0.2, 0.25) is 5.91 Å². The van der Waals surface area contributed by atoms with E-state index >= 15 is 0 Å². The molecule has 1 saturated heterocycles. The van der Waals surface area contributed by atoms with Crippen LogP contribution in [0.4, 0.5) is 0 Å². The van der Waals surface area contributed by atoms with E-state index in [1.165, 1.54) is 6.42 Å². The molecule has 0 aliphatic carbocycles. The van der Waals surface area contributed by atoms with E-state index in [4.69, 9.17) is 0 Å². The van der Waals surface area contributed by atoms with Crippen molar-refractivity contribution in [1.82, 2.24) is 9.88 Å². The number of thiazole rings is 1. The Morgan fingerprint density at radius 1 is 1.53 bits per heavy atom. The summed E-state index contributed by atoms with van der Waals surface area (Å²) in [5, 5.41) is 3.20. The van der Waals surface area contributed by atoms with E-state index in [0.29, 0.717) is 18.2 Å². The molecule has 0 unspecified atom stereocenters. The van der Waals surface area contributed by atoms with Crippen molar-refractivity contribution in [2.45, 2.75) is 58.9 Å². The van der Waals surface area contributed by atoms with Crippen molar-refractivity contribution in [1.29, 1.82) is 0 Å². The molecule has 1 fully saturated rings. The van der Waals surface area contributed by atoms with Gasteiger partial charge in [-0.25, -0.2) is 4.98 Å². The van der Waals surface area contributed by atoms with Gasteiger partial charge in [0, 0.05) is 24.0 Å². The number of aromatic nitrogens is 1. The van der Waals surface area contributed by atoms with Crippen LogP contribution in [0.5, 0.6) is 0 Å². The molecular weight excluding hydrogens is 256 g/mol. The zero-order valence-electron chi connectivity index (χ0n) is 12.2. The van der Waals surface area contributed by atoms with Crippen LogP contribution < -0.4 is 0 Å². The van der Waals surface area contributed by atoms with Crippen LogP contribution in [0.15, 0.2) is 5.38 Å². The van der Waals surface area contributed by atoms with Crippen LogP contribution in [0.3, 0.4) is 0 Å². The minimum atomic E-state index is 0.229. The van der Waals surface area contributed by atoms with Crippen molar-refractivity contribution in [3.63, 3.8) is 0 Å². The lowest BCUT2D eigenvalue weighted by Gasteiger charge is -2.34. The topological polar surface area (TPSA) is 33.2 Å². The van der Waals surface area contributed by atoms with Gasteiger partial charge >= 0.3 is 0 Å². The number of carbonyl (C=O) groups excluding carboxylic acids is 1. The number of likely N-dealkylation sites (tertiary alicyclic amines) is 1. The molecule has 0 bridgehead atoms. The van der Waals surface area contributed by atoms with Gasteiger partial charge in [0.05, 0.1) is 6.04 Å². The smallest absolute Gasteiger partial charge is 0.223 e. The van der Waals surface area contributed by atoms with Crippen molar-refractivity contribution in [3.8, 4) is 0 Å². The maximum atomic E-state index is 12.4. The molecule has 3 nitrogen and oxygen atoms in total. The number of carbonyl (C=O) groups is 1. The highest BCUT2D eigenvalue weighted by atomic mass is 32.1. The summed E-state index contributed by atoms with van der Waals surface area (Å²) in [6.45, 7) is 7.27. The first-order valence-electron chi connectivity index (χ1n) is 7.29. The molecular formula is C15H24N2OS. The third-order valence-corrected chi connectivity index (χ3v) is 4.74. The lowest BCUT2D eigenvalue weighted by Crippen LogP contribution is -2.38. The second-order valence-electron chi connectivity index (χ2n) is 5.86. The Balaban J connectivity index is 2.05. The highest BCUT2D eigenvalue weighted by Crippen LogP contribution is 2.33. The summed E-state index contributed by atoms with van der Waals surface area (Å²) in [6.07, 6.45) is 5.07. The normalized spacial score (nSPS) is 20.0. The maximum absolute atomic E-state index is 12.4. The predicted molar refractivity (Wildman–Crippen MR) is 79.2 cm³/mol. The molecule has 0 N–H and O–H groups in total. The molecule has 0 spiro atoms. The molecule has 2 rings (SSSR count). The number of hydrogen-bond donors (Lipinski definition) is 0. The summed E-state index contributed by atoms with van der Waals surface area (Å²) < 4.78 is 0. The lowest BCUT2D eigenvalue weighted by molar-refractivity contribution is -0.135. The molecule has 1 amide bonds. The average Bonchev–Trinajstić information content (AvgIpc) is 2.82. The maximum Gasteiger partial charge on any atom is 0.223 e. The van der Waals surface area contributed by atoms with Crippen LogP contribution in [0, 0.1) is 12.8 Å². The van der Waals surface area contributed by atoms with E-state index < -0.39 is 0 Å². The Labute approximate surface area is 120 Å². The zero-order chi connectivity index (χ0) is 13.8. The highest BCUT2D eigenvalue weighted by Gasteiger charge is 2.29. The number of aryl methyl sites for hydroxylation is 1. The van der Waals surface area contributed by atoms with Crippen molar-refractivity contribution in [2.75, 3.05) is 6.54 Å². The molecule has 4 heteroatoms. The summed E-state index contributed by atoms with van der Waals surface area (Å²) >= 11 is 1.70. The highest BCUT2D eigenvalue weighted by molar-refractivity contribution is 7.09. The van der Waals surface area contributed by atoms with Gasteiger partial charge in [0.15, 0.2) is 0 Å². The second kappa shape index (κ2) is 6.51. The third kappa shape index (κ3) is 3.78. The van der Waals surface area contributed by atoms with Crippen LogP contribution in [0.1, 0.15) is 62.7 Å². The van der Waals surface area contributed by atoms with E-state index in [1.807, 2.05) is 6.92 Å². The molecule has 1 aromatic heterocycles. The summed E-state index contributed by atoms with van der Waals surface area (Å²) in [5.74, 6) is 0.903. The van der Waals surface area contributed by atoms with Gasteiger partial charge in [0.25, 0.3) is 0 Å². The number of hydrogen-bond acceptors (Lipinski definition) is 3. The van der Waals surface area contributed by atoms with Gasteiger partial charge in [-0.15, -0.1) is 11.3 Å². The van der Waals surface area contributed by atoms with Crippen LogP contribution in [-0.4, -0.2) is 22.3 Å². The summed E-state index contributed by atoms with van der Waals surface area (Å²) in [5.41, 5.74) is 1.07. The van der Waals surface area contributed by atoms with Crippen molar-refractivity contribution in [3.05, 3.63) is 16.1 Å². The first-order chi connectivity index (χ1) is 9.08. The quantitative estimate of drug-likeness (QED) is 0.837. The first kappa shape index (κ1) is 14.5. The number of rotatable bonds is 4. The lowest BCUT2D eigenvalue weighted by atomic mass is 10.0.